The number of hydrogen-bond donors (Lipinski definition) is 1. The van der Waals surface area contributed by atoms with Gasteiger partial charge < -0.3 is 14.6 Å². The second-order valence-electron chi connectivity index (χ2n) is 6.16. The van der Waals surface area contributed by atoms with Crippen LogP contribution >= 0.6 is 0 Å². The summed E-state index contributed by atoms with van der Waals surface area (Å²) in [7, 11) is 1.97. The molecule has 0 unspecified atom stereocenters. The first-order valence-electron chi connectivity index (χ1n) is 8.75. The number of para-hydroxylation sites is 1. The van der Waals surface area contributed by atoms with Gasteiger partial charge in [0.2, 0.25) is 0 Å². The highest BCUT2D eigenvalue weighted by molar-refractivity contribution is 6.11. The monoisotopic (exact) mass is 359 g/mol. The van der Waals surface area contributed by atoms with Gasteiger partial charge in [0, 0.05) is 34.9 Å². The summed E-state index contributed by atoms with van der Waals surface area (Å²) in [4.78, 5) is 12.6. The summed E-state index contributed by atoms with van der Waals surface area (Å²) in [6.07, 6.45) is 1.65. The average molecular weight is 359 g/mol. The van der Waals surface area contributed by atoms with E-state index in [0.29, 0.717) is 12.3 Å². The van der Waals surface area contributed by atoms with Crippen LogP contribution in [-0.4, -0.2) is 17.1 Å². The molecule has 27 heavy (non-hydrogen) atoms. The smallest absolute Gasteiger partial charge is 0.266 e. The number of fused-ring (bicyclic) bond motifs is 1. The van der Waals surface area contributed by atoms with Crippen LogP contribution in [0, 0.1) is 18.3 Å². The second-order valence-corrected chi connectivity index (χ2v) is 6.16. The molecule has 0 bridgehead atoms. The largest absolute Gasteiger partial charge is 0.494 e. The normalized spacial score (nSPS) is 11.3. The van der Waals surface area contributed by atoms with E-state index in [-0.39, 0.29) is 5.57 Å². The Labute approximate surface area is 158 Å². The average Bonchev–Trinajstić information content (AvgIpc) is 2.92. The first-order valence-corrected chi connectivity index (χ1v) is 8.75. The van der Waals surface area contributed by atoms with E-state index in [1.165, 1.54) is 0 Å². The minimum atomic E-state index is -0.436. The Morgan fingerprint density at radius 3 is 2.59 bits per heavy atom. The lowest BCUT2D eigenvalue weighted by Crippen LogP contribution is -2.13. The summed E-state index contributed by atoms with van der Waals surface area (Å²) in [5.41, 5.74) is 3.61. The molecule has 0 radical (unpaired) electrons. The van der Waals surface area contributed by atoms with Gasteiger partial charge in [-0.3, -0.25) is 4.79 Å². The van der Waals surface area contributed by atoms with Crippen molar-refractivity contribution >= 4 is 28.6 Å². The number of hydrogen-bond acceptors (Lipinski definition) is 3. The van der Waals surface area contributed by atoms with E-state index in [2.05, 4.69) is 9.88 Å². The zero-order valence-electron chi connectivity index (χ0n) is 15.6. The first-order chi connectivity index (χ1) is 13.0. The molecule has 0 aliphatic carbocycles. The maximum Gasteiger partial charge on any atom is 0.266 e. The van der Waals surface area contributed by atoms with Crippen molar-refractivity contribution in [2.45, 2.75) is 13.8 Å². The van der Waals surface area contributed by atoms with E-state index in [4.69, 9.17) is 4.74 Å². The number of aryl methyl sites for hydroxylation is 1. The van der Waals surface area contributed by atoms with E-state index < -0.39 is 5.91 Å². The molecule has 136 valence electrons. The Hall–Kier alpha value is -3.52. The standard InChI is InChI=1S/C22H21N3O2/c1-4-27-18-11-9-17(10-12-18)24-22(26)16(14-23)13-20-15(2)25(3)21-8-6-5-7-19(20)21/h5-13H,4H2,1-3H3,(H,24,26). The van der Waals surface area contributed by atoms with Crippen molar-refractivity contribution in [1.82, 2.24) is 4.57 Å². The van der Waals surface area contributed by atoms with Crippen molar-refractivity contribution in [2.75, 3.05) is 11.9 Å². The maximum absolute atomic E-state index is 12.6. The van der Waals surface area contributed by atoms with Crippen molar-refractivity contribution in [3.63, 3.8) is 0 Å². The van der Waals surface area contributed by atoms with Gasteiger partial charge in [-0.05, 0) is 50.3 Å². The van der Waals surface area contributed by atoms with E-state index in [1.807, 2.05) is 51.2 Å². The van der Waals surface area contributed by atoms with Crippen LogP contribution in [-0.2, 0) is 11.8 Å². The molecule has 3 aromatic rings. The molecule has 5 nitrogen and oxygen atoms in total. The van der Waals surface area contributed by atoms with Gasteiger partial charge in [0.1, 0.15) is 17.4 Å². The molecule has 1 N–H and O–H groups in total. The predicted octanol–water partition coefficient (Wildman–Crippen LogP) is 4.43. The minimum Gasteiger partial charge on any atom is -0.494 e. The third-order valence-corrected chi connectivity index (χ3v) is 4.53. The van der Waals surface area contributed by atoms with Gasteiger partial charge >= 0.3 is 0 Å². The SMILES string of the molecule is CCOc1ccc(NC(=O)C(C#N)=Cc2c(C)n(C)c3ccccc23)cc1. The molecule has 0 aliphatic rings. The number of nitrogens with one attached hydrogen (secondary N) is 1. The minimum absolute atomic E-state index is 0.0586. The summed E-state index contributed by atoms with van der Waals surface area (Å²) in [5, 5.41) is 13.3. The van der Waals surface area contributed by atoms with Crippen LogP contribution in [0.2, 0.25) is 0 Å². The fourth-order valence-corrected chi connectivity index (χ4v) is 3.02. The number of amides is 1. The molecular formula is C22H21N3O2. The number of anilines is 1. The molecule has 0 aliphatic heterocycles. The molecule has 5 heteroatoms. The van der Waals surface area contributed by atoms with E-state index >= 15 is 0 Å². The lowest BCUT2D eigenvalue weighted by Gasteiger charge is -2.07. The molecule has 3 rings (SSSR count). The Morgan fingerprint density at radius 2 is 1.93 bits per heavy atom. The van der Waals surface area contributed by atoms with Gasteiger partial charge in [-0.1, -0.05) is 18.2 Å². The molecule has 0 saturated carbocycles. The number of rotatable bonds is 5. The van der Waals surface area contributed by atoms with Crippen molar-refractivity contribution in [1.29, 1.82) is 5.26 Å². The Bertz CT molecular complexity index is 1050. The first kappa shape index (κ1) is 18.3. The van der Waals surface area contributed by atoms with Crippen LogP contribution in [0.1, 0.15) is 18.2 Å². The molecule has 0 saturated heterocycles. The number of nitriles is 1. The van der Waals surface area contributed by atoms with Crippen molar-refractivity contribution in [3.05, 3.63) is 65.4 Å². The number of nitrogens with zero attached hydrogens (tertiary/aromatic N) is 2. The Morgan fingerprint density at radius 1 is 1.22 bits per heavy atom. The predicted molar refractivity (Wildman–Crippen MR) is 107 cm³/mol. The van der Waals surface area contributed by atoms with Crippen molar-refractivity contribution in [3.8, 4) is 11.8 Å². The van der Waals surface area contributed by atoms with Crippen LogP contribution in [0.5, 0.6) is 5.75 Å². The van der Waals surface area contributed by atoms with Crippen LogP contribution in [0.15, 0.2) is 54.1 Å². The highest BCUT2D eigenvalue weighted by atomic mass is 16.5. The number of carbonyl (C=O) groups excluding carboxylic acids is 1. The molecule has 0 atom stereocenters. The van der Waals surface area contributed by atoms with Gasteiger partial charge in [0.25, 0.3) is 5.91 Å². The lowest BCUT2D eigenvalue weighted by atomic mass is 10.1. The fourth-order valence-electron chi connectivity index (χ4n) is 3.02. The molecule has 2 aromatic carbocycles. The van der Waals surface area contributed by atoms with Crippen LogP contribution in [0.3, 0.4) is 0 Å². The third-order valence-electron chi connectivity index (χ3n) is 4.53. The van der Waals surface area contributed by atoms with Crippen LogP contribution < -0.4 is 10.1 Å². The zero-order chi connectivity index (χ0) is 19.4. The van der Waals surface area contributed by atoms with E-state index in [1.54, 1.807) is 30.3 Å². The molecular weight excluding hydrogens is 338 g/mol. The molecule has 1 heterocycles. The van der Waals surface area contributed by atoms with Crippen molar-refractivity contribution in [2.24, 2.45) is 7.05 Å². The summed E-state index contributed by atoms with van der Waals surface area (Å²) in [6, 6.07) is 17.0. The molecule has 1 aromatic heterocycles. The van der Waals surface area contributed by atoms with Crippen LogP contribution in [0.4, 0.5) is 5.69 Å². The lowest BCUT2D eigenvalue weighted by molar-refractivity contribution is -0.112. The fraction of sp³-hybridized carbons (Fsp3) is 0.182. The van der Waals surface area contributed by atoms with Gasteiger partial charge in [0.05, 0.1) is 6.61 Å². The van der Waals surface area contributed by atoms with Gasteiger partial charge in [-0.2, -0.15) is 5.26 Å². The molecule has 1 amide bonds. The highest BCUT2D eigenvalue weighted by Gasteiger charge is 2.14. The summed E-state index contributed by atoms with van der Waals surface area (Å²) in [5.74, 6) is 0.298. The molecule has 0 fully saturated rings. The quantitative estimate of drug-likeness (QED) is 0.541. The maximum atomic E-state index is 12.6. The Balaban J connectivity index is 1.90. The highest BCUT2D eigenvalue weighted by Crippen LogP contribution is 2.27. The summed E-state index contributed by atoms with van der Waals surface area (Å²) in [6.45, 7) is 4.47. The van der Waals surface area contributed by atoms with Gasteiger partial charge in [-0.15, -0.1) is 0 Å². The number of ether oxygens (including phenoxy) is 1. The zero-order valence-corrected chi connectivity index (χ0v) is 15.6. The van der Waals surface area contributed by atoms with Crippen molar-refractivity contribution < 1.29 is 9.53 Å². The second kappa shape index (κ2) is 7.79. The van der Waals surface area contributed by atoms with E-state index in [0.717, 1.165) is 27.9 Å². The van der Waals surface area contributed by atoms with Gasteiger partial charge in [0.15, 0.2) is 0 Å². The molecule has 0 spiro atoms. The Kier molecular flexibility index (Phi) is 5.28. The number of benzene rings is 2. The number of carbonyl (C=O) groups is 1. The van der Waals surface area contributed by atoms with E-state index in [9.17, 15) is 10.1 Å². The summed E-state index contributed by atoms with van der Waals surface area (Å²) < 4.78 is 7.45. The van der Waals surface area contributed by atoms with Crippen LogP contribution in [0.25, 0.3) is 17.0 Å². The van der Waals surface area contributed by atoms with Gasteiger partial charge in [-0.25, -0.2) is 0 Å². The number of aromatic nitrogens is 1. The third kappa shape index (κ3) is 3.70. The summed E-state index contributed by atoms with van der Waals surface area (Å²) >= 11 is 0. The topological polar surface area (TPSA) is 67.0 Å².